The number of rotatable bonds is 7. The molecule has 1 aliphatic rings. The van der Waals surface area contributed by atoms with E-state index in [2.05, 4.69) is 20.2 Å². The van der Waals surface area contributed by atoms with Gasteiger partial charge in [0.15, 0.2) is 0 Å². The lowest BCUT2D eigenvalue weighted by Crippen LogP contribution is -2.24. The SMILES string of the molecule is O=C1NC(=O)C(c2cn(CCCn3ccnc3)c3ccccc23)=C1Nc1ccc(Cl)cc1. The molecule has 0 unspecified atom stereocenters. The van der Waals surface area contributed by atoms with Crippen molar-refractivity contribution in [1.29, 1.82) is 0 Å². The van der Waals surface area contributed by atoms with Crippen molar-refractivity contribution in [2.75, 3.05) is 5.32 Å². The maximum atomic E-state index is 12.8. The molecule has 5 rings (SSSR count). The molecule has 3 heterocycles. The lowest BCUT2D eigenvalue weighted by Gasteiger charge is -2.07. The number of halogens is 1. The number of nitrogens with one attached hydrogen (secondary N) is 2. The van der Waals surface area contributed by atoms with E-state index in [-0.39, 0.29) is 5.70 Å². The molecule has 2 aromatic heterocycles. The normalized spacial score (nSPS) is 13.8. The van der Waals surface area contributed by atoms with E-state index < -0.39 is 11.8 Å². The number of aromatic nitrogens is 3. The van der Waals surface area contributed by atoms with Gasteiger partial charge in [0.05, 0.1) is 11.9 Å². The van der Waals surface area contributed by atoms with Gasteiger partial charge < -0.3 is 14.5 Å². The number of hydrogen-bond donors (Lipinski definition) is 2. The fourth-order valence-corrected chi connectivity index (χ4v) is 4.11. The molecular weight excluding hydrogens is 426 g/mol. The van der Waals surface area contributed by atoms with E-state index in [9.17, 15) is 9.59 Å². The Hall–Kier alpha value is -3.84. The Kier molecular flexibility index (Phi) is 5.25. The van der Waals surface area contributed by atoms with Crippen LogP contribution in [0.4, 0.5) is 5.69 Å². The summed E-state index contributed by atoms with van der Waals surface area (Å²) in [6.45, 7) is 1.61. The highest BCUT2D eigenvalue weighted by Crippen LogP contribution is 2.33. The molecule has 0 saturated carbocycles. The van der Waals surface area contributed by atoms with Crippen LogP contribution in [0.5, 0.6) is 0 Å². The van der Waals surface area contributed by atoms with Crippen LogP contribution >= 0.6 is 11.6 Å². The molecule has 0 spiro atoms. The van der Waals surface area contributed by atoms with Crippen molar-refractivity contribution in [3.05, 3.63) is 89.7 Å². The minimum atomic E-state index is -0.447. The van der Waals surface area contributed by atoms with E-state index >= 15 is 0 Å². The lowest BCUT2D eigenvalue weighted by molar-refractivity contribution is -0.123. The molecule has 32 heavy (non-hydrogen) atoms. The monoisotopic (exact) mass is 445 g/mol. The smallest absolute Gasteiger partial charge is 0.275 e. The number of carbonyl (C=O) groups excluding carboxylic acids is 2. The van der Waals surface area contributed by atoms with Gasteiger partial charge in [-0.05, 0) is 36.8 Å². The quantitative estimate of drug-likeness (QED) is 0.420. The molecule has 2 aromatic carbocycles. The Bertz CT molecular complexity index is 1340. The molecule has 0 bridgehead atoms. The number of fused-ring (bicyclic) bond motifs is 1. The third kappa shape index (κ3) is 3.78. The molecule has 7 nitrogen and oxygen atoms in total. The summed E-state index contributed by atoms with van der Waals surface area (Å²) in [5.41, 5.74) is 2.99. The summed E-state index contributed by atoms with van der Waals surface area (Å²) < 4.78 is 4.16. The molecule has 0 radical (unpaired) electrons. The van der Waals surface area contributed by atoms with Crippen LogP contribution in [0.2, 0.25) is 5.02 Å². The third-order valence-corrected chi connectivity index (χ3v) is 5.73. The molecule has 4 aromatic rings. The van der Waals surface area contributed by atoms with Gasteiger partial charge in [-0.15, -0.1) is 0 Å². The first kappa shape index (κ1) is 20.1. The van der Waals surface area contributed by atoms with Crippen LogP contribution < -0.4 is 10.6 Å². The van der Waals surface area contributed by atoms with Crippen molar-refractivity contribution in [2.24, 2.45) is 0 Å². The molecule has 1 aliphatic heterocycles. The zero-order chi connectivity index (χ0) is 22.1. The zero-order valence-corrected chi connectivity index (χ0v) is 17.8. The standard InChI is InChI=1S/C24H20ClN5O2/c25-16-6-8-17(9-7-16)27-22-21(23(31)28-24(22)32)19-14-30(20-5-2-1-4-18(19)20)12-3-11-29-13-10-26-15-29/h1-2,4-10,13-15H,3,11-12H2,(H2,27,28,31,32). The molecular formula is C24H20ClN5O2. The van der Waals surface area contributed by atoms with Crippen LogP contribution in [0, 0.1) is 0 Å². The minimum absolute atomic E-state index is 0.235. The van der Waals surface area contributed by atoms with Crippen LogP contribution in [0.1, 0.15) is 12.0 Å². The van der Waals surface area contributed by atoms with Crippen LogP contribution in [-0.2, 0) is 22.7 Å². The lowest BCUT2D eigenvalue weighted by atomic mass is 10.0. The predicted octanol–water partition coefficient (Wildman–Crippen LogP) is 4.06. The third-order valence-electron chi connectivity index (χ3n) is 5.48. The summed E-state index contributed by atoms with van der Waals surface area (Å²) in [6, 6.07) is 14.9. The Labute approximate surface area is 189 Å². The van der Waals surface area contributed by atoms with E-state index in [4.69, 9.17) is 11.6 Å². The van der Waals surface area contributed by atoms with E-state index in [1.807, 2.05) is 41.2 Å². The predicted molar refractivity (Wildman–Crippen MR) is 124 cm³/mol. The van der Waals surface area contributed by atoms with Crippen LogP contribution in [0.3, 0.4) is 0 Å². The van der Waals surface area contributed by atoms with Gasteiger partial charge >= 0.3 is 0 Å². The van der Waals surface area contributed by atoms with Gasteiger partial charge in [0.1, 0.15) is 5.70 Å². The molecule has 0 aliphatic carbocycles. The zero-order valence-electron chi connectivity index (χ0n) is 17.1. The maximum absolute atomic E-state index is 12.8. The van der Waals surface area contributed by atoms with E-state index in [0.29, 0.717) is 16.3 Å². The maximum Gasteiger partial charge on any atom is 0.275 e. The Morgan fingerprint density at radius 1 is 1.00 bits per heavy atom. The van der Waals surface area contributed by atoms with E-state index in [1.54, 1.807) is 36.8 Å². The first-order valence-corrected chi connectivity index (χ1v) is 10.6. The number of para-hydroxylation sites is 1. The van der Waals surface area contributed by atoms with Crippen molar-refractivity contribution in [3.63, 3.8) is 0 Å². The van der Waals surface area contributed by atoms with Crippen molar-refractivity contribution in [2.45, 2.75) is 19.5 Å². The molecule has 0 saturated heterocycles. The summed E-state index contributed by atoms with van der Waals surface area (Å²) in [6.07, 6.45) is 8.35. The largest absolute Gasteiger partial charge is 0.350 e. The van der Waals surface area contributed by atoms with Gasteiger partial charge in [-0.1, -0.05) is 29.8 Å². The number of amides is 2. The van der Waals surface area contributed by atoms with Crippen molar-refractivity contribution in [1.82, 2.24) is 19.4 Å². The molecule has 0 fully saturated rings. The average Bonchev–Trinajstić information content (AvgIpc) is 3.49. The summed E-state index contributed by atoms with van der Waals surface area (Å²) in [7, 11) is 0. The van der Waals surface area contributed by atoms with Crippen molar-refractivity contribution in [3.8, 4) is 0 Å². The highest BCUT2D eigenvalue weighted by atomic mass is 35.5. The Morgan fingerprint density at radius 2 is 1.81 bits per heavy atom. The first-order valence-electron chi connectivity index (χ1n) is 10.3. The number of benzene rings is 2. The molecule has 160 valence electrons. The first-order chi connectivity index (χ1) is 15.6. The van der Waals surface area contributed by atoms with E-state index in [1.165, 1.54) is 0 Å². The second-order valence-electron chi connectivity index (χ2n) is 7.57. The number of hydrogen-bond acceptors (Lipinski definition) is 4. The van der Waals surface area contributed by atoms with E-state index in [0.717, 1.165) is 36.0 Å². The summed E-state index contributed by atoms with van der Waals surface area (Å²) in [4.78, 5) is 29.5. The average molecular weight is 446 g/mol. The van der Waals surface area contributed by atoms with Gasteiger partial charge in [0, 0.05) is 58.9 Å². The minimum Gasteiger partial charge on any atom is -0.350 e. The molecule has 2 N–H and O–H groups in total. The number of carbonyl (C=O) groups is 2. The molecule has 8 heteroatoms. The fourth-order valence-electron chi connectivity index (χ4n) is 3.98. The Balaban J connectivity index is 1.52. The highest BCUT2D eigenvalue weighted by molar-refractivity contribution is 6.38. The summed E-state index contributed by atoms with van der Waals surface area (Å²) in [5, 5.41) is 7.04. The van der Waals surface area contributed by atoms with Crippen molar-refractivity contribution >= 4 is 45.6 Å². The Morgan fingerprint density at radius 3 is 2.59 bits per heavy atom. The summed E-state index contributed by atoms with van der Waals surface area (Å²) >= 11 is 5.97. The number of anilines is 1. The van der Waals surface area contributed by atoms with Crippen LogP contribution in [0.25, 0.3) is 16.5 Å². The number of aryl methyl sites for hydroxylation is 2. The van der Waals surface area contributed by atoms with Gasteiger partial charge in [0.25, 0.3) is 11.8 Å². The van der Waals surface area contributed by atoms with Gasteiger partial charge in [-0.25, -0.2) is 4.98 Å². The number of imide groups is 1. The van der Waals surface area contributed by atoms with Gasteiger partial charge in [0.2, 0.25) is 0 Å². The molecule has 0 atom stereocenters. The fraction of sp³-hybridized carbons (Fsp3) is 0.125. The molecule has 2 amide bonds. The number of imidazole rings is 1. The second kappa shape index (κ2) is 8.36. The van der Waals surface area contributed by atoms with Gasteiger partial charge in [-0.3, -0.25) is 14.9 Å². The summed E-state index contributed by atoms with van der Waals surface area (Å²) in [5.74, 6) is -0.857. The topological polar surface area (TPSA) is 81.0 Å². The van der Waals surface area contributed by atoms with Crippen molar-refractivity contribution < 1.29 is 9.59 Å². The second-order valence-corrected chi connectivity index (χ2v) is 8.01. The highest BCUT2D eigenvalue weighted by Gasteiger charge is 2.33. The van der Waals surface area contributed by atoms with Gasteiger partial charge in [-0.2, -0.15) is 0 Å². The van der Waals surface area contributed by atoms with Crippen LogP contribution in [0.15, 0.2) is 79.1 Å². The number of nitrogens with zero attached hydrogens (tertiary/aromatic N) is 3. The van der Waals surface area contributed by atoms with Crippen LogP contribution in [-0.4, -0.2) is 25.9 Å².